The number of furan rings is 1. The molecule has 2 N–H and O–H groups in total. The Balaban J connectivity index is 1.52. The van der Waals surface area contributed by atoms with Gasteiger partial charge in [0.15, 0.2) is 10.2 Å². The van der Waals surface area contributed by atoms with Gasteiger partial charge in [-0.2, -0.15) is 0 Å². The quantitative estimate of drug-likeness (QED) is 0.221. The average Bonchev–Trinajstić information content (AvgIpc) is 3.54. The molecule has 0 bridgehead atoms. The average molecular weight is 565 g/mol. The number of anilines is 2. The molecule has 7 nitrogen and oxygen atoms in total. The normalized spacial score (nSPS) is 16.8. The molecule has 10 heteroatoms. The molecule has 2 aromatic heterocycles. The number of rotatable bonds is 8. The second kappa shape index (κ2) is 11.5. The van der Waals surface area contributed by atoms with Crippen LogP contribution in [0.3, 0.4) is 0 Å². The summed E-state index contributed by atoms with van der Waals surface area (Å²) in [5.41, 5.74) is 2.23. The molecule has 4 aromatic rings. The maximum atomic E-state index is 12.0. The highest BCUT2D eigenvalue weighted by Gasteiger charge is 2.42. The van der Waals surface area contributed by atoms with E-state index in [1.54, 1.807) is 20.2 Å². The molecule has 0 aliphatic carbocycles. The fraction of sp³-hybridized carbons (Fsp3) is 0.179. The number of pyridine rings is 1. The van der Waals surface area contributed by atoms with Crippen LogP contribution in [0.15, 0.2) is 93.4 Å². The Morgan fingerprint density at radius 3 is 2.71 bits per heavy atom. The first-order valence-corrected chi connectivity index (χ1v) is 13.6. The fourth-order valence-electron chi connectivity index (χ4n) is 4.26. The predicted molar refractivity (Wildman–Crippen MR) is 154 cm³/mol. The Hall–Kier alpha value is -3.53. The van der Waals surface area contributed by atoms with Crippen LogP contribution < -0.4 is 20.3 Å². The molecule has 3 heterocycles. The van der Waals surface area contributed by atoms with Crippen molar-refractivity contribution in [3.63, 3.8) is 0 Å². The van der Waals surface area contributed by atoms with Gasteiger partial charge >= 0.3 is 0 Å². The zero-order chi connectivity index (χ0) is 26.6. The molecule has 5 rings (SSSR count). The van der Waals surface area contributed by atoms with E-state index in [2.05, 4.69) is 15.6 Å². The van der Waals surface area contributed by atoms with Crippen molar-refractivity contribution in [2.45, 2.75) is 35.4 Å². The molecule has 1 saturated heterocycles. The van der Waals surface area contributed by atoms with Crippen LogP contribution in [0.2, 0.25) is 5.02 Å². The van der Waals surface area contributed by atoms with Gasteiger partial charge in [0.1, 0.15) is 17.6 Å². The zero-order valence-corrected chi connectivity index (χ0v) is 23.1. The van der Waals surface area contributed by atoms with Gasteiger partial charge < -0.3 is 24.7 Å². The van der Waals surface area contributed by atoms with Crippen molar-refractivity contribution in [2.24, 2.45) is 0 Å². The summed E-state index contributed by atoms with van der Waals surface area (Å²) in [6.07, 6.45) is 2.13. The van der Waals surface area contributed by atoms with Crippen molar-refractivity contribution < 1.29 is 13.9 Å². The summed E-state index contributed by atoms with van der Waals surface area (Å²) in [6.45, 7) is 1.80. The summed E-state index contributed by atoms with van der Waals surface area (Å²) in [4.78, 5) is 19.6. The SMILES string of the molecule is CCC(=O)Nc1ccc(N2C(=S)N[C@@H](c3ccccn3)[C@H]2c2ccc(Sc3ccc(Cl)cc3)o2)cc1OC. The minimum atomic E-state index is -0.322. The van der Waals surface area contributed by atoms with Crippen molar-refractivity contribution in [1.82, 2.24) is 10.3 Å². The molecule has 0 spiro atoms. The first-order chi connectivity index (χ1) is 18.5. The van der Waals surface area contributed by atoms with Gasteiger partial charge in [-0.15, -0.1) is 0 Å². The molecule has 0 unspecified atom stereocenters. The van der Waals surface area contributed by atoms with Crippen LogP contribution in [-0.2, 0) is 4.79 Å². The molecule has 194 valence electrons. The lowest BCUT2D eigenvalue weighted by Gasteiger charge is -2.26. The minimum Gasteiger partial charge on any atom is -0.494 e. The lowest BCUT2D eigenvalue weighted by atomic mass is 10.0. The number of hydrogen-bond donors (Lipinski definition) is 2. The van der Waals surface area contributed by atoms with Crippen LogP contribution in [0.25, 0.3) is 0 Å². The summed E-state index contributed by atoms with van der Waals surface area (Å²) in [7, 11) is 1.57. The van der Waals surface area contributed by atoms with E-state index in [-0.39, 0.29) is 18.0 Å². The Bertz CT molecular complexity index is 1450. The molecular weight excluding hydrogens is 540 g/mol. The number of nitrogens with zero attached hydrogens (tertiary/aromatic N) is 2. The number of nitrogens with one attached hydrogen (secondary N) is 2. The molecule has 38 heavy (non-hydrogen) atoms. The van der Waals surface area contributed by atoms with Crippen molar-refractivity contribution in [2.75, 3.05) is 17.3 Å². The molecule has 2 atom stereocenters. The monoisotopic (exact) mass is 564 g/mol. The van der Waals surface area contributed by atoms with E-state index in [1.165, 1.54) is 11.8 Å². The van der Waals surface area contributed by atoms with Crippen LogP contribution >= 0.6 is 35.6 Å². The molecule has 0 radical (unpaired) electrons. The Labute approximate surface area is 235 Å². The first kappa shape index (κ1) is 26.1. The summed E-state index contributed by atoms with van der Waals surface area (Å²) in [5.74, 6) is 1.17. The van der Waals surface area contributed by atoms with Crippen molar-refractivity contribution in [1.29, 1.82) is 0 Å². The van der Waals surface area contributed by atoms with E-state index in [1.807, 2.05) is 77.7 Å². The van der Waals surface area contributed by atoms with Gasteiger partial charge in [-0.25, -0.2) is 0 Å². The number of benzene rings is 2. The van der Waals surface area contributed by atoms with E-state index in [9.17, 15) is 4.79 Å². The Morgan fingerprint density at radius 2 is 2.00 bits per heavy atom. The largest absolute Gasteiger partial charge is 0.494 e. The van der Waals surface area contributed by atoms with Gasteiger partial charge in [-0.05, 0) is 72.9 Å². The smallest absolute Gasteiger partial charge is 0.224 e. The van der Waals surface area contributed by atoms with Crippen LogP contribution in [-0.4, -0.2) is 23.1 Å². The van der Waals surface area contributed by atoms with Gasteiger partial charge in [0, 0.05) is 34.3 Å². The van der Waals surface area contributed by atoms with Gasteiger partial charge in [0.2, 0.25) is 5.91 Å². The van der Waals surface area contributed by atoms with Gasteiger partial charge in [0.05, 0.1) is 24.5 Å². The van der Waals surface area contributed by atoms with Crippen LogP contribution in [0, 0.1) is 0 Å². The van der Waals surface area contributed by atoms with E-state index >= 15 is 0 Å². The lowest BCUT2D eigenvalue weighted by molar-refractivity contribution is -0.115. The maximum Gasteiger partial charge on any atom is 0.224 e. The van der Waals surface area contributed by atoms with Crippen LogP contribution in [0.5, 0.6) is 5.75 Å². The number of carbonyl (C=O) groups is 1. The third kappa shape index (κ3) is 5.50. The summed E-state index contributed by atoms with van der Waals surface area (Å²) in [6, 6.07) is 22.3. The number of aromatic nitrogens is 1. The van der Waals surface area contributed by atoms with Crippen molar-refractivity contribution in [3.8, 4) is 5.75 Å². The number of thiocarbonyl (C=S) groups is 1. The maximum absolute atomic E-state index is 12.0. The molecule has 1 fully saturated rings. The first-order valence-electron chi connectivity index (χ1n) is 12.0. The second-order valence-electron chi connectivity index (χ2n) is 8.50. The highest BCUT2D eigenvalue weighted by atomic mass is 35.5. The van der Waals surface area contributed by atoms with E-state index in [4.69, 9.17) is 33.0 Å². The molecule has 2 aromatic carbocycles. The molecule has 1 aliphatic rings. The van der Waals surface area contributed by atoms with E-state index < -0.39 is 0 Å². The number of carbonyl (C=O) groups excluding carboxylic acids is 1. The molecular formula is C28H25ClN4O3S2. The zero-order valence-electron chi connectivity index (χ0n) is 20.7. The van der Waals surface area contributed by atoms with Crippen LogP contribution in [0.4, 0.5) is 11.4 Å². The molecule has 0 saturated carbocycles. The van der Waals surface area contributed by atoms with Gasteiger partial charge in [0.25, 0.3) is 0 Å². The fourth-order valence-corrected chi connectivity index (χ4v) is 5.51. The highest BCUT2D eigenvalue weighted by molar-refractivity contribution is 7.99. The minimum absolute atomic E-state index is 0.0937. The predicted octanol–water partition coefficient (Wildman–Crippen LogP) is 7.01. The number of halogens is 1. The summed E-state index contributed by atoms with van der Waals surface area (Å²) in [5, 5.41) is 8.27. The molecule has 1 amide bonds. The Kier molecular flexibility index (Phi) is 7.87. The number of hydrogen-bond acceptors (Lipinski definition) is 6. The van der Waals surface area contributed by atoms with Crippen LogP contribution in [0.1, 0.15) is 36.9 Å². The number of methoxy groups -OCH3 is 1. The second-order valence-corrected chi connectivity index (χ2v) is 10.4. The topological polar surface area (TPSA) is 79.6 Å². The summed E-state index contributed by atoms with van der Waals surface area (Å²) >= 11 is 13.4. The van der Waals surface area contributed by atoms with Crippen molar-refractivity contribution >= 4 is 58.0 Å². The number of amides is 1. The third-order valence-electron chi connectivity index (χ3n) is 6.08. The third-order valence-corrected chi connectivity index (χ3v) is 7.58. The van der Waals surface area contributed by atoms with E-state index in [0.717, 1.165) is 27.1 Å². The van der Waals surface area contributed by atoms with Gasteiger partial charge in [-0.1, -0.05) is 36.4 Å². The van der Waals surface area contributed by atoms with Gasteiger partial charge in [-0.3, -0.25) is 9.78 Å². The number of ether oxygens (including phenoxy) is 1. The highest BCUT2D eigenvalue weighted by Crippen LogP contribution is 2.44. The Morgan fingerprint density at radius 1 is 1.18 bits per heavy atom. The van der Waals surface area contributed by atoms with Crippen molar-refractivity contribution in [3.05, 3.63) is 95.5 Å². The van der Waals surface area contributed by atoms with E-state index in [0.29, 0.717) is 28.0 Å². The lowest BCUT2D eigenvalue weighted by Crippen LogP contribution is -2.29. The standard InChI is InChI=1S/C28H25ClN4O3S2/c1-3-24(34)31-20-12-9-18(16-23(20)35-2)33-27(26(32-28(33)37)21-6-4-5-15-30-21)22-13-14-25(36-22)38-19-10-7-17(29)8-11-19/h4-16,26-27H,3H2,1-2H3,(H,31,34)(H,32,37)/t26-,27+/m0/s1. The summed E-state index contributed by atoms with van der Waals surface area (Å²) < 4.78 is 12.0. The molecule has 1 aliphatic heterocycles.